The summed E-state index contributed by atoms with van der Waals surface area (Å²) in [6, 6.07) is 3.24. The second-order valence-corrected chi connectivity index (χ2v) is 3.37. The van der Waals surface area contributed by atoms with E-state index in [2.05, 4.69) is 10.4 Å². The number of carbonyl (C=O) groups is 2. The molecule has 90 valence electrons. The van der Waals surface area contributed by atoms with E-state index in [9.17, 15) is 9.59 Å². The normalized spacial score (nSPS) is 15.4. The largest absolute Gasteiger partial charge is 0.446 e. The van der Waals surface area contributed by atoms with Gasteiger partial charge in [-0.2, -0.15) is 10.1 Å². The summed E-state index contributed by atoms with van der Waals surface area (Å²) in [5, 5.41) is 7.58. The lowest BCUT2D eigenvalue weighted by atomic mass is 10.5. The third-order valence-corrected chi connectivity index (χ3v) is 1.99. The molecule has 1 fully saturated rings. The Hall–Kier alpha value is -2.31. The van der Waals surface area contributed by atoms with Crippen molar-refractivity contribution in [3.05, 3.63) is 17.9 Å². The summed E-state index contributed by atoms with van der Waals surface area (Å²) in [6.07, 6.45) is 0.910. The molecule has 1 aromatic heterocycles. The Morgan fingerprint density at radius 3 is 3.06 bits per heavy atom. The van der Waals surface area contributed by atoms with Crippen LogP contribution >= 0.6 is 0 Å². The minimum atomic E-state index is -0.477. The van der Waals surface area contributed by atoms with Crippen molar-refractivity contribution >= 4 is 24.1 Å². The number of cyclic esters (lactones) is 1. The van der Waals surface area contributed by atoms with Crippen molar-refractivity contribution in [1.29, 1.82) is 0 Å². The zero-order valence-electron chi connectivity index (χ0n) is 9.17. The third kappa shape index (κ3) is 2.83. The standard InChI is InChI=1S/C10H11N3O4/c1-7(14)12-9-3-2-8(17-9)6-11-13-4-5-16-10(13)15/h2-3,6H,4-5H2,1H3,(H,12,14). The maximum absolute atomic E-state index is 11.0. The van der Waals surface area contributed by atoms with Gasteiger partial charge in [0, 0.05) is 13.0 Å². The van der Waals surface area contributed by atoms with Gasteiger partial charge >= 0.3 is 6.09 Å². The van der Waals surface area contributed by atoms with Crippen LogP contribution in [0.4, 0.5) is 10.7 Å². The van der Waals surface area contributed by atoms with Crippen molar-refractivity contribution < 1.29 is 18.7 Å². The number of anilines is 1. The molecule has 2 rings (SSSR count). The Labute approximate surface area is 97.0 Å². The van der Waals surface area contributed by atoms with Gasteiger partial charge in [0.1, 0.15) is 12.4 Å². The van der Waals surface area contributed by atoms with Crippen LogP contribution in [0.25, 0.3) is 0 Å². The van der Waals surface area contributed by atoms with Crippen LogP contribution in [-0.2, 0) is 9.53 Å². The number of furan rings is 1. The van der Waals surface area contributed by atoms with Gasteiger partial charge in [0.25, 0.3) is 0 Å². The molecule has 0 unspecified atom stereocenters. The number of hydrogen-bond donors (Lipinski definition) is 1. The fraction of sp³-hybridized carbons (Fsp3) is 0.300. The van der Waals surface area contributed by atoms with E-state index in [1.165, 1.54) is 18.1 Å². The van der Waals surface area contributed by atoms with E-state index in [1.807, 2.05) is 0 Å². The molecule has 1 saturated heterocycles. The highest BCUT2D eigenvalue weighted by Gasteiger charge is 2.20. The summed E-state index contributed by atoms with van der Waals surface area (Å²) in [5.74, 6) is 0.558. The lowest BCUT2D eigenvalue weighted by molar-refractivity contribution is -0.114. The first-order valence-corrected chi connectivity index (χ1v) is 5.01. The molecule has 1 N–H and O–H groups in total. The molecular formula is C10H11N3O4. The van der Waals surface area contributed by atoms with E-state index in [0.29, 0.717) is 24.8 Å². The maximum Gasteiger partial charge on any atom is 0.430 e. The molecule has 1 aliphatic rings. The van der Waals surface area contributed by atoms with Crippen molar-refractivity contribution in [2.24, 2.45) is 5.10 Å². The zero-order valence-corrected chi connectivity index (χ0v) is 9.17. The average molecular weight is 237 g/mol. The van der Waals surface area contributed by atoms with Crippen molar-refractivity contribution in [2.45, 2.75) is 6.92 Å². The molecule has 0 atom stereocenters. The highest BCUT2D eigenvalue weighted by Crippen LogP contribution is 2.12. The molecule has 0 saturated carbocycles. The average Bonchev–Trinajstić information content (AvgIpc) is 2.84. The van der Waals surface area contributed by atoms with Crippen LogP contribution in [0.15, 0.2) is 21.7 Å². The van der Waals surface area contributed by atoms with Gasteiger partial charge in [-0.1, -0.05) is 0 Å². The first kappa shape index (κ1) is 11.2. The van der Waals surface area contributed by atoms with Gasteiger partial charge in [-0.3, -0.25) is 10.1 Å². The monoisotopic (exact) mass is 237 g/mol. The maximum atomic E-state index is 11.0. The molecule has 2 amide bonds. The molecular weight excluding hydrogens is 226 g/mol. The van der Waals surface area contributed by atoms with E-state index in [1.54, 1.807) is 12.1 Å². The Bertz CT molecular complexity index is 466. The number of hydrazone groups is 1. The Kier molecular flexibility index (Phi) is 3.08. The minimum absolute atomic E-state index is 0.217. The second kappa shape index (κ2) is 4.69. The van der Waals surface area contributed by atoms with Crippen LogP contribution in [-0.4, -0.2) is 36.4 Å². The predicted octanol–water partition coefficient (Wildman–Crippen LogP) is 1.02. The Balaban J connectivity index is 1.98. The molecule has 2 heterocycles. The van der Waals surface area contributed by atoms with Gasteiger partial charge in [0.2, 0.25) is 5.91 Å². The smallest absolute Gasteiger partial charge is 0.430 e. The summed E-state index contributed by atoms with van der Waals surface area (Å²) < 4.78 is 9.93. The van der Waals surface area contributed by atoms with Crippen LogP contribution < -0.4 is 5.32 Å². The highest BCUT2D eigenvalue weighted by atomic mass is 16.6. The van der Waals surface area contributed by atoms with Gasteiger partial charge in [-0.05, 0) is 6.07 Å². The fourth-order valence-electron chi connectivity index (χ4n) is 1.28. The van der Waals surface area contributed by atoms with E-state index in [4.69, 9.17) is 9.15 Å². The van der Waals surface area contributed by atoms with E-state index < -0.39 is 6.09 Å². The number of amides is 2. The lowest BCUT2D eigenvalue weighted by Gasteiger charge is -2.02. The topological polar surface area (TPSA) is 84.1 Å². The molecule has 0 bridgehead atoms. The summed E-state index contributed by atoms with van der Waals surface area (Å²) in [7, 11) is 0. The van der Waals surface area contributed by atoms with Gasteiger partial charge in [0.15, 0.2) is 5.88 Å². The van der Waals surface area contributed by atoms with Crippen molar-refractivity contribution in [2.75, 3.05) is 18.5 Å². The third-order valence-electron chi connectivity index (χ3n) is 1.99. The first-order valence-electron chi connectivity index (χ1n) is 5.01. The van der Waals surface area contributed by atoms with Crippen LogP contribution in [0, 0.1) is 0 Å². The predicted molar refractivity (Wildman–Crippen MR) is 58.7 cm³/mol. The zero-order chi connectivity index (χ0) is 12.3. The van der Waals surface area contributed by atoms with E-state index in [-0.39, 0.29) is 5.91 Å². The van der Waals surface area contributed by atoms with E-state index in [0.717, 1.165) is 0 Å². The molecule has 0 aliphatic carbocycles. The van der Waals surface area contributed by atoms with Crippen molar-refractivity contribution in [3.63, 3.8) is 0 Å². The molecule has 1 aromatic rings. The summed E-state index contributed by atoms with van der Waals surface area (Å²) >= 11 is 0. The molecule has 0 spiro atoms. The Morgan fingerprint density at radius 1 is 1.59 bits per heavy atom. The van der Waals surface area contributed by atoms with E-state index >= 15 is 0 Å². The fourth-order valence-corrected chi connectivity index (χ4v) is 1.28. The molecule has 7 heteroatoms. The van der Waals surface area contributed by atoms with Crippen molar-refractivity contribution in [3.8, 4) is 0 Å². The van der Waals surface area contributed by atoms with Gasteiger partial charge in [-0.25, -0.2) is 4.79 Å². The second-order valence-electron chi connectivity index (χ2n) is 3.37. The molecule has 7 nitrogen and oxygen atoms in total. The molecule has 17 heavy (non-hydrogen) atoms. The number of rotatable bonds is 3. The summed E-state index contributed by atoms with van der Waals surface area (Å²) in [5.41, 5.74) is 0. The number of carbonyl (C=O) groups excluding carboxylic acids is 2. The number of nitrogens with zero attached hydrogens (tertiary/aromatic N) is 2. The van der Waals surface area contributed by atoms with Gasteiger partial charge in [0.05, 0.1) is 12.8 Å². The molecule has 0 radical (unpaired) electrons. The SMILES string of the molecule is CC(=O)Nc1ccc(C=NN2CCOC2=O)o1. The summed E-state index contributed by atoms with van der Waals surface area (Å²) in [6.45, 7) is 2.15. The summed E-state index contributed by atoms with van der Waals surface area (Å²) in [4.78, 5) is 21.8. The number of ether oxygens (including phenoxy) is 1. The first-order chi connectivity index (χ1) is 8.15. The van der Waals surface area contributed by atoms with Crippen LogP contribution in [0.5, 0.6) is 0 Å². The molecule has 0 aromatic carbocycles. The highest BCUT2D eigenvalue weighted by molar-refractivity contribution is 5.88. The van der Waals surface area contributed by atoms with Crippen LogP contribution in [0.1, 0.15) is 12.7 Å². The van der Waals surface area contributed by atoms with Crippen LogP contribution in [0.3, 0.4) is 0 Å². The Morgan fingerprint density at radius 2 is 2.41 bits per heavy atom. The lowest BCUT2D eigenvalue weighted by Crippen LogP contribution is -2.17. The molecule has 1 aliphatic heterocycles. The van der Waals surface area contributed by atoms with Gasteiger partial charge < -0.3 is 9.15 Å². The quantitative estimate of drug-likeness (QED) is 0.795. The van der Waals surface area contributed by atoms with Gasteiger partial charge in [-0.15, -0.1) is 0 Å². The number of nitrogens with one attached hydrogen (secondary N) is 1. The van der Waals surface area contributed by atoms with Crippen molar-refractivity contribution in [1.82, 2.24) is 5.01 Å². The minimum Gasteiger partial charge on any atom is -0.446 e. The van der Waals surface area contributed by atoms with Crippen LogP contribution in [0.2, 0.25) is 0 Å². The number of hydrogen-bond acceptors (Lipinski definition) is 5.